The average molecular weight is 722 g/mol. The third-order valence-corrected chi connectivity index (χ3v) is 14.2. The third kappa shape index (κ3) is 4.41. The van der Waals surface area contributed by atoms with Crippen molar-refractivity contribution in [2.45, 2.75) is 43.4 Å². The summed E-state index contributed by atoms with van der Waals surface area (Å²) in [7, 11) is 0. The highest BCUT2D eigenvalue weighted by molar-refractivity contribution is 7.25. The van der Waals surface area contributed by atoms with Gasteiger partial charge in [-0.3, -0.25) is 0 Å². The molecule has 2 heteroatoms. The average Bonchev–Trinajstić information content (AvgIpc) is 3.77. The first-order valence-corrected chi connectivity index (χ1v) is 20.8. The summed E-state index contributed by atoms with van der Waals surface area (Å²) in [6, 6.07) is 64.7. The molecule has 0 amide bonds. The van der Waals surface area contributed by atoms with Crippen LogP contribution < -0.4 is 4.90 Å². The summed E-state index contributed by atoms with van der Waals surface area (Å²) in [6.07, 6.45) is 6.47. The number of nitrogens with zero attached hydrogens (tertiary/aromatic N) is 1. The number of benzene rings is 8. The molecule has 1 saturated carbocycles. The fourth-order valence-electron chi connectivity index (χ4n) is 10.8. The highest BCUT2D eigenvalue weighted by Crippen LogP contribution is 2.64. The number of rotatable bonds is 4. The first-order chi connectivity index (χ1) is 27.3. The quantitative estimate of drug-likeness (QED) is 0.175. The summed E-state index contributed by atoms with van der Waals surface area (Å²) in [5.74, 6) is 0.552. The van der Waals surface area contributed by atoms with Gasteiger partial charge in [0.1, 0.15) is 0 Å². The van der Waals surface area contributed by atoms with E-state index in [9.17, 15) is 0 Å². The smallest absolute Gasteiger partial charge is 0.0729 e. The van der Waals surface area contributed by atoms with Gasteiger partial charge in [0, 0.05) is 37.2 Å². The van der Waals surface area contributed by atoms with Gasteiger partial charge in [-0.2, -0.15) is 0 Å². The van der Waals surface area contributed by atoms with Gasteiger partial charge in [-0.1, -0.05) is 141 Å². The lowest BCUT2D eigenvalue weighted by Gasteiger charge is -2.43. The van der Waals surface area contributed by atoms with Crippen LogP contribution in [0.5, 0.6) is 0 Å². The zero-order valence-electron chi connectivity index (χ0n) is 30.6. The van der Waals surface area contributed by atoms with E-state index in [4.69, 9.17) is 0 Å². The van der Waals surface area contributed by atoms with Crippen molar-refractivity contribution >= 4 is 59.3 Å². The minimum atomic E-state index is -0.463. The van der Waals surface area contributed by atoms with E-state index in [1.165, 1.54) is 119 Å². The van der Waals surface area contributed by atoms with E-state index in [1.807, 2.05) is 11.3 Å². The van der Waals surface area contributed by atoms with Gasteiger partial charge < -0.3 is 4.90 Å². The molecule has 0 N–H and O–H groups in total. The lowest BCUT2D eigenvalue weighted by Crippen LogP contribution is -2.34. The summed E-state index contributed by atoms with van der Waals surface area (Å²) >= 11 is 1.88. The number of hydrogen-bond acceptors (Lipinski definition) is 2. The standard InChI is InChI=1S/C53H39NS/c1-3-14-34(15-4-1)39-29-26-35-16-13-22-44-41-20-8-11-24-47(41)53(52(39)51(35)44)46-23-10-7-19-40(46)42-30-27-38(33-48(42)53)54(36-17-5-2-6-18-36)37-28-31-50-45(32-37)43-21-9-12-25-49(43)55-50/h2,5-13,16-34H,1,3-4,14-15H2. The van der Waals surface area contributed by atoms with E-state index < -0.39 is 5.41 Å². The molecule has 0 aliphatic heterocycles. The van der Waals surface area contributed by atoms with Gasteiger partial charge in [0.05, 0.1) is 5.41 Å². The molecule has 9 aromatic rings. The van der Waals surface area contributed by atoms with Crippen LogP contribution in [0.25, 0.3) is 53.2 Å². The molecule has 1 atom stereocenters. The molecule has 1 unspecified atom stereocenters. The molecule has 1 heterocycles. The predicted octanol–water partition coefficient (Wildman–Crippen LogP) is 15.1. The second-order valence-electron chi connectivity index (χ2n) is 15.8. The molecule has 55 heavy (non-hydrogen) atoms. The van der Waals surface area contributed by atoms with Gasteiger partial charge in [0.25, 0.3) is 0 Å². The van der Waals surface area contributed by atoms with Crippen LogP contribution in [0, 0.1) is 0 Å². The van der Waals surface area contributed by atoms with Crippen LogP contribution in [0.1, 0.15) is 65.8 Å². The Morgan fingerprint density at radius 2 is 1.11 bits per heavy atom. The number of hydrogen-bond donors (Lipinski definition) is 0. The predicted molar refractivity (Wildman–Crippen MR) is 234 cm³/mol. The molecule has 0 radical (unpaired) electrons. The van der Waals surface area contributed by atoms with Crippen LogP contribution in [0.4, 0.5) is 17.1 Å². The molecule has 0 saturated heterocycles. The van der Waals surface area contributed by atoms with Gasteiger partial charge in [-0.05, 0) is 128 Å². The molecule has 12 rings (SSSR count). The highest BCUT2D eigenvalue weighted by atomic mass is 32.1. The summed E-state index contributed by atoms with van der Waals surface area (Å²) in [4.78, 5) is 2.48. The van der Waals surface area contributed by atoms with Crippen LogP contribution in [0.3, 0.4) is 0 Å². The van der Waals surface area contributed by atoms with Crippen molar-refractivity contribution in [3.8, 4) is 22.3 Å². The van der Waals surface area contributed by atoms with Gasteiger partial charge in [0.15, 0.2) is 0 Å². The SMILES string of the molecule is c1ccc(N(c2ccc3c(c2)C2(c4ccccc4-3)c3ccccc3-c3cccc4ccc(C5CCCCC5)c2c34)c2ccc3sc4ccccc4c3c2)cc1. The molecule has 3 aliphatic rings. The maximum atomic E-state index is 2.56. The molecule has 1 spiro atoms. The van der Waals surface area contributed by atoms with E-state index in [2.05, 4.69) is 175 Å². The minimum Gasteiger partial charge on any atom is -0.310 e. The third-order valence-electron chi connectivity index (χ3n) is 13.0. The first-order valence-electron chi connectivity index (χ1n) is 20.0. The molecule has 1 fully saturated rings. The number of fused-ring (bicyclic) bond motifs is 12. The number of anilines is 3. The largest absolute Gasteiger partial charge is 0.310 e. The van der Waals surface area contributed by atoms with Crippen molar-refractivity contribution in [1.82, 2.24) is 0 Å². The van der Waals surface area contributed by atoms with Gasteiger partial charge in [-0.25, -0.2) is 0 Å². The second kappa shape index (κ2) is 12.0. The van der Waals surface area contributed by atoms with Crippen LogP contribution >= 0.6 is 11.3 Å². The van der Waals surface area contributed by atoms with Gasteiger partial charge >= 0.3 is 0 Å². The zero-order chi connectivity index (χ0) is 36.1. The Bertz CT molecular complexity index is 2980. The Morgan fingerprint density at radius 1 is 0.455 bits per heavy atom. The van der Waals surface area contributed by atoms with Crippen molar-refractivity contribution in [3.05, 3.63) is 198 Å². The maximum Gasteiger partial charge on any atom is 0.0729 e. The van der Waals surface area contributed by atoms with Crippen LogP contribution in [-0.2, 0) is 5.41 Å². The van der Waals surface area contributed by atoms with Crippen molar-refractivity contribution in [2.24, 2.45) is 0 Å². The fourth-order valence-corrected chi connectivity index (χ4v) is 11.9. The van der Waals surface area contributed by atoms with E-state index in [1.54, 1.807) is 5.56 Å². The molecule has 262 valence electrons. The van der Waals surface area contributed by atoms with Gasteiger partial charge in [-0.15, -0.1) is 11.3 Å². The highest BCUT2D eigenvalue weighted by Gasteiger charge is 2.51. The van der Waals surface area contributed by atoms with Crippen molar-refractivity contribution in [3.63, 3.8) is 0 Å². The summed E-state index contributed by atoms with van der Waals surface area (Å²) in [5.41, 5.74) is 15.7. The van der Waals surface area contributed by atoms with Crippen molar-refractivity contribution in [1.29, 1.82) is 0 Å². The monoisotopic (exact) mass is 721 g/mol. The number of thiophene rings is 1. The van der Waals surface area contributed by atoms with E-state index in [0.29, 0.717) is 5.92 Å². The Morgan fingerprint density at radius 3 is 1.95 bits per heavy atom. The van der Waals surface area contributed by atoms with Crippen molar-refractivity contribution < 1.29 is 0 Å². The molecule has 8 aromatic carbocycles. The molecule has 0 bridgehead atoms. The summed E-state index contributed by atoms with van der Waals surface area (Å²) < 4.78 is 2.65. The lowest BCUT2D eigenvalue weighted by atomic mass is 9.59. The Balaban J connectivity index is 1.18. The van der Waals surface area contributed by atoms with Crippen molar-refractivity contribution in [2.75, 3.05) is 4.90 Å². The van der Waals surface area contributed by atoms with Crippen LogP contribution in [0.15, 0.2) is 170 Å². The molecular weight excluding hydrogens is 683 g/mol. The lowest BCUT2D eigenvalue weighted by molar-refractivity contribution is 0.440. The van der Waals surface area contributed by atoms with E-state index >= 15 is 0 Å². The number of para-hydroxylation sites is 1. The maximum absolute atomic E-state index is 2.56. The zero-order valence-corrected chi connectivity index (χ0v) is 31.5. The molecule has 3 aliphatic carbocycles. The Hall–Kier alpha value is -5.96. The first kappa shape index (κ1) is 31.4. The molecule has 1 nitrogen and oxygen atoms in total. The minimum absolute atomic E-state index is 0.463. The van der Waals surface area contributed by atoms with E-state index in [0.717, 1.165) is 5.69 Å². The Kier molecular flexibility index (Phi) is 6.86. The van der Waals surface area contributed by atoms with Crippen LogP contribution in [-0.4, -0.2) is 0 Å². The summed E-state index contributed by atoms with van der Waals surface area (Å²) in [5, 5.41) is 5.41. The fraction of sp³-hybridized carbons (Fsp3) is 0.132. The van der Waals surface area contributed by atoms with Crippen LogP contribution in [0.2, 0.25) is 0 Å². The topological polar surface area (TPSA) is 3.24 Å². The Labute approximate surface area is 326 Å². The molecule has 1 aromatic heterocycles. The molecular formula is C53H39NS. The van der Waals surface area contributed by atoms with E-state index in [-0.39, 0.29) is 0 Å². The second-order valence-corrected chi connectivity index (χ2v) is 16.9. The summed E-state index contributed by atoms with van der Waals surface area (Å²) in [6.45, 7) is 0. The normalized spacial score (nSPS) is 17.1. The van der Waals surface area contributed by atoms with Gasteiger partial charge in [0.2, 0.25) is 0 Å².